The number of amides is 2. The zero-order valence-electron chi connectivity index (χ0n) is 13.4. The van der Waals surface area contributed by atoms with E-state index in [4.69, 9.17) is 16.3 Å². The monoisotopic (exact) mass is 376 g/mol. The van der Waals surface area contributed by atoms with Gasteiger partial charge in [-0.1, -0.05) is 11.6 Å². The first-order chi connectivity index (χ1) is 12.4. The van der Waals surface area contributed by atoms with Gasteiger partial charge in [-0.2, -0.15) is 5.10 Å². The molecule has 2 aromatic rings. The predicted octanol–water partition coefficient (Wildman–Crippen LogP) is 2.35. The standard InChI is InChI=1S/C16H13ClN4O5/c1-26-14-7-4-11(8-13(14)17)19-15(22)16(23)20-18-9-10-2-5-12(6-3-10)21(24)25/h2-9H,1H3,(H,19,22)(H,20,23)/b18-9-. The van der Waals surface area contributed by atoms with E-state index in [2.05, 4.69) is 15.8 Å². The van der Waals surface area contributed by atoms with Gasteiger partial charge in [-0.05, 0) is 35.9 Å². The molecule has 0 heterocycles. The van der Waals surface area contributed by atoms with Crippen LogP contribution < -0.4 is 15.5 Å². The molecule has 2 N–H and O–H groups in total. The van der Waals surface area contributed by atoms with Crippen molar-refractivity contribution in [3.8, 4) is 5.75 Å². The molecule has 10 heteroatoms. The maximum atomic E-state index is 11.8. The highest BCUT2D eigenvalue weighted by molar-refractivity contribution is 6.40. The molecule has 134 valence electrons. The van der Waals surface area contributed by atoms with E-state index in [-0.39, 0.29) is 10.7 Å². The zero-order chi connectivity index (χ0) is 19.1. The summed E-state index contributed by atoms with van der Waals surface area (Å²) in [5.74, 6) is -1.50. The zero-order valence-corrected chi connectivity index (χ0v) is 14.2. The van der Waals surface area contributed by atoms with Gasteiger partial charge in [0.05, 0.1) is 23.3 Å². The van der Waals surface area contributed by atoms with Gasteiger partial charge in [0, 0.05) is 17.8 Å². The summed E-state index contributed by atoms with van der Waals surface area (Å²) >= 11 is 5.93. The molecule has 0 fully saturated rings. The number of carbonyl (C=O) groups excluding carboxylic acids is 2. The Morgan fingerprint density at radius 2 is 1.88 bits per heavy atom. The lowest BCUT2D eigenvalue weighted by atomic mass is 10.2. The van der Waals surface area contributed by atoms with Crippen LogP contribution in [0.3, 0.4) is 0 Å². The number of nitrogens with one attached hydrogen (secondary N) is 2. The van der Waals surface area contributed by atoms with Crippen molar-refractivity contribution in [1.29, 1.82) is 0 Å². The van der Waals surface area contributed by atoms with Gasteiger partial charge in [-0.3, -0.25) is 19.7 Å². The van der Waals surface area contributed by atoms with Crippen LogP contribution in [0, 0.1) is 10.1 Å². The van der Waals surface area contributed by atoms with Crippen molar-refractivity contribution in [3.05, 3.63) is 63.2 Å². The second kappa shape index (κ2) is 8.58. The number of carbonyl (C=O) groups is 2. The molecule has 0 spiro atoms. The largest absolute Gasteiger partial charge is 0.495 e. The molecule has 0 radical (unpaired) electrons. The number of hydrogen-bond acceptors (Lipinski definition) is 6. The molecule has 0 atom stereocenters. The summed E-state index contributed by atoms with van der Waals surface area (Å²) in [4.78, 5) is 33.5. The number of ether oxygens (including phenoxy) is 1. The first-order valence-corrected chi connectivity index (χ1v) is 7.51. The number of benzene rings is 2. The molecule has 26 heavy (non-hydrogen) atoms. The van der Waals surface area contributed by atoms with E-state index in [1.165, 1.54) is 49.7 Å². The Kier molecular flexibility index (Phi) is 6.23. The molecule has 0 aromatic heterocycles. The van der Waals surface area contributed by atoms with Crippen molar-refractivity contribution in [1.82, 2.24) is 5.43 Å². The Bertz CT molecular complexity index is 867. The van der Waals surface area contributed by atoms with Crippen molar-refractivity contribution < 1.29 is 19.2 Å². The number of hydrazone groups is 1. The number of nitro benzene ring substituents is 1. The van der Waals surface area contributed by atoms with Gasteiger partial charge >= 0.3 is 11.8 Å². The lowest BCUT2D eigenvalue weighted by Crippen LogP contribution is -2.32. The van der Waals surface area contributed by atoms with Crippen LogP contribution in [-0.4, -0.2) is 30.1 Å². The van der Waals surface area contributed by atoms with Crippen LogP contribution in [0.25, 0.3) is 0 Å². The molecule has 0 saturated heterocycles. The van der Waals surface area contributed by atoms with Gasteiger partial charge in [0.25, 0.3) is 5.69 Å². The molecule has 2 rings (SSSR count). The van der Waals surface area contributed by atoms with E-state index in [1.807, 2.05) is 0 Å². The third kappa shape index (κ3) is 5.02. The molecular formula is C16H13ClN4O5. The van der Waals surface area contributed by atoms with Crippen LogP contribution in [0.5, 0.6) is 5.75 Å². The van der Waals surface area contributed by atoms with Gasteiger partial charge in [-0.15, -0.1) is 0 Å². The van der Waals surface area contributed by atoms with Crippen molar-refractivity contribution in [3.63, 3.8) is 0 Å². The topological polar surface area (TPSA) is 123 Å². The normalized spacial score (nSPS) is 10.4. The van der Waals surface area contributed by atoms with Crippen molar-refractivity contribution in [2.24, 2.45) is 5.10 Å². The number of halogens is 1. The van der Waals surface area contributed by atoms with Crippen LogP contribution in [0.2, 0.25) is 5.02 Å². The van der Waals surface area contributed by atoms with Crippen LogP contribution >= 0.6 is 11.6 Å². The summed E-state index contributed by atoms with van der Waals surface area (Å²) in [6.45, 7) is 0. The number of rotatable bonds is 5. The van der Waals surface area contributed by atoms with Gasteiger partial charge in [0.1, 0.15) is 5.75 Å². The van der Waals surface area contributed by atoms with Crippen molar-refractivity contribution in [2.45, 2.75) is 0 Å². The van der Waals surface area contributed by atoms with Gasteiger partial charge in [-0.25, -0.2) is 5.43 Å². The van der Waals surface area contributed by atoms with Gasteiger partial charge < -0.3 is 10.1 Å². The molecular weight excluding hydrogens is 364 g/mol. The minimum atomic E-state index is -0.991. The SMILES string of the molecule is COc1ccc(NC(=O)C(=O)N/N=C\c2ccc([N+](=O)[O-])cc2)cc1Cl. The van der Waals surface area contributed by atoms with Crippen molar-refractivity contribution >= 4 is 41.0 Å². The van der Waals surface area contributed by atoms with E-state index in [1.54, 1.807) is 6.07 Å². The second-order valence-corrected chi connectivity index (χ2v) is 5.26. The minimum absolute atomic E-state index is 0.0660. The number of anilines is 1. The van der Waals surface area contributed by atoms with E-state index in [0.717, 1.165) is 0 Å². The number of hydrogen-bond donors (Lipinski definition) is 2. The average molecular weight is 377 g/mol. The highest BCUT2D eigenvalue weighted by Gasteiger charge is 2.13. The molecule has 2 aromatic carbocycles. The third-order valence-corrected chi connectivity index (χ3v) is 3.39. The molecule has 9 nitrogen and oxygen atoms in total. The summed E-state index contributed by atoms with van der Waals surface area (Å²) in [5.41, 5.74) is 2.81. The number of non-ortho nitro benzene ring substituents is 1. The van der Waals surface area contributed by atoms with Crippen LogP contribution in [0.1, 0.15) is 5.56 Å². The smallest absolute Gasteiger partial charge is 0.329 e. The fourth-order valence-corrected chi connectivity index (χ4v) is 2.09. The van der Waals surface area contributed by atoms with E-state index < -0.39 is 16.7 Å². The summed E-state index contributed by atoms with van der Waals surface area (Å²) < 4.78 is 4.99. The van der Waals surface area contributed by atoms with E-state index in [9.17, 15) is 19.7 Å². The Balaban J connectivity index is 1.91. The molecule has 0 unspecified atom stereocenters. The van der Waals surface area contributed by atoms with Crippen LogP contribution in [-0.2, 0) is 9.59 Å². The highest BCUT2D eigenvalue weighted by atomic mass is 35.5. The van der Waals surface area contributed by atoms with E-state index in [0.29, 0.717) is 17.0 Å². The molecule has 0 aliphatic carbocycles. The molecule has 0 aliphatic heterocycles. The Morgan fingerprint density at radius 1 is 1.19 bits per heavy atom. The van der Waals surface area contributed by atoms with E-state index >= 15 is 0 Å². The number of nitrogens with zero attached hydrogens (tertiary/aromatic N) is 2. The Hall–Kier alpha value is -3.46. The average Bonchev–Trinajstić information content (AvgIpc) is 2.62. The quantitative estimate of drug-likeness (QED) is 0.359. The fraction of sp³-hybridized carbons (Fsp3) is 0.0625. The van der Waals surface area contributed by atoms with Crippen LogP contribution in [0.4, 0.5) is 11.4 Å². The molecule has 0 aliphatic rings. The fourth-order valence-electron chi connectivity index (χ4n) is 1.83. The summed E-state index contributed by atoms with van der Waals surface area (Å²) in [6.07, 6.45) is 1.25. The molecule has 2 amide bonds. The number of methoxy groups -OCH3 is 1. The first kappa shape index (κ1) is 18.9. The number of nitro groups is 1. The lowest BCUT2D eigenvalue weighted by Gasteiger charge is -2.07. The third-order valence-electron chi connectivity index (χ3n) is 3.10. The van der Waals surface area contributed by atoms with Gasteiger partial charge in [0.2, 0.25) is 0 Å². The molecule has 0 bridgehead atoms. The Labute approximate surface area is 152 Å². The molecule has 0 saturated carbocycles. The lowest BCUT2D eigenvalue weighted by molar-refractivity contribution is -0.384. The maximum Gasteiger partial charge on any atom is 0.329 e. The second-order valence-electron chi connectivity index (χ2n) is 4.85. The summed E-state index contributed by atoms with van der Waals surface area (Å²) in [7, 11) is 1.45. The highest BCUT2D eigenvalue weighted by Crippen LogP contribution is 2.27. The Morgan fingerprint density at radius 3 is 2.46 bits per heavy atom. The van der Waals surface area contributed by atoms with Gasteiger partial charge in [0.15, 0.2) is 0 Å². The summed E-state index contributed by atoms with van der Waals surface area (Å²) in [5, 5.41) is 16.8. The minimum Gasteiger partial charge on any atom is -0.495 e. The predicted molar refractivity (Wildman–Crippen MR) is 95.5 cm³/mol. The summed E-state index contributed by atoms with van der Waals surface area (Å²) in [6, 6.07) is 10.00. The van der Waals surface area contributed by atoms with Crippen LogP contribution in [0.15, 0.2) is 47.6 Å². The first-order valence-electron chi connectivity index (χ1n) is 7.13. The van der Waals surface area contributed by atoms with Crippen molar-refractivity contribution in [2.75, 3.05) is 12.4 Å². The maximum absolute atomic E-state index is 11.8.